The van der Waals surface area contributed by atoms with E-state index in [1.54, 1.807) is 24.5 Å². The molecule has 2 rings (SSSR count). The Balaban J connectivity index is 2.09. The van der Waals surface area contributed by atoms with Crippen molar-refractivity contribution in [2.45, 2.75) is 4.90 Å². The number of hydrazone groups is 1. The van der Waals surface area contributed by atoms with E-state index in [1.807, 2.05) is 0 Å². The summed E-state index contributed by atoms with van der Waals surface area (Å²) in [4.78, 5) is 8.84. The highest BCUT2D eigenvalue weighted by molar-refractivity contribution is 7.89. The van der Waals surface area contributed by atoms with E-state index in [0.717, 1.165) is 0 Å². The molecule has 2 aromatic rings. The minimum Gasteiger partial charge on any atom is -0.497 e. The number of H-pyrrole nitrogens is 1. The van der Waals surface area contributed by atoms with Gasteiger partial charge in [0.15, 0.2) is 0 Å². The Labute approximate surface area is 110 Å². The molecule has 2 N–H and O–H groups in total. The number of benzene rings is 1. The van der Waals surface area contributed by atoms with Gasteiger partial charge in [-0.05, 0) is 24.3 Å². The first-order valence-electron chi connectivity index (χ1n) is 5.30. The van der Waals surface area contributed by atoms with Crippen molar-refractivity contribution in [3.63, 3.8) is 0 Å². The molecule has 0 fully saturated rings. The van der Waals surface area contributed by atoms with Crippen LogP contribution in [0.25, 0.3) is 0 Å². The van der Waals surface area contributed by atoms with Crippen LogP contribution < -0.4 is 9.57 Å². The van der Waals surface area contributed by atoms with Gasteiger partial charge in [0.25, 0.3) is 10.0 Å². The average Bonchev–Trinajstić information content (AvgIpc) is 2.92. The lowest BCUT2D eigenvalue weighted by molar-refractivity contribution is 0.414. The van der Waals surface area contributed by atoms with Crippen molar-refractivity contribution in [1.82, 2.24) is 14.8 Å². The molecule has 0 saturated carbocycles. The zero-order valence-electron chi connectivity index (χ0n) is 10.1. The second-order valence-corrected chi connectivity index (χ2v) is 5.16. The van der Waals surface area contributed by atoms with Crippen LogP contribution in [-0.4, -0.2) is 31.7 Å². The zero-order valence-corrected chi connectivity index (χ0v) is 10.9. The second kappa shape index (κ2) is 5.53. The van der Waals surface area contributed by atoms with Crippen LogP contribution in [0.2, 0.25) is 0 Å². The van der Waals surface area contributed by atoms with Gasteiger partial charge in [-0.3, -0.25) is 0 Å². The normalized spacial score (nSPS) is 11.6. The predicted octanol–water partition coefficient (Wildman–Crippen LogP) is 0.731. The van der Waals surface area contributed by atoms with Gasteiger partial charge in [-0.1, -0.05) is 0 Å². The number of sulfonamides is 1. The summed E-state index contributed by atoms with van der Waals surface area (Å²) in [5, 5.41) is 3.62. The number of ether oxygens (including phenoxy) is 1. The monoisotopic (exact) mass is 280 g/mol. The summed E-state index contributed by atoms with van der Waals surface area (Å²) in [5.41, 5.74) is 0. The van der Waals surface area contributed by atoms with Crippen LogP contribution in [0.4, 0.5) is 0 Å². The Hall–Kier alpha value is -2.35. The van der Waals surface area contributed by atoms with Crippen molar-refractivity contribution < 1.29 is 13.2 Å². The lowest BCUT2D eigenvalue weighted by Crippen LogP contribution is -2.18. The van der Waals surface area contributed by atoms with Gasteiger partial charge in [0.2, 0.25) is 0 Å². The molecule has 0 aliphatic rings. The smallest absolute Gasteiger partial charge is 0.276 e. The summed E-state index contributed by atoms with van der Waals surface area (Å²) < 4.78 is 28.7. The van der Waals surface area contributed by atoms with Crippen molar-refractivity contribution in [2.75, 3.05) is 7.11 Å². The maximum atomic E-state index is 11.9. The zero-order chi connectivity index (χ0) is 13.7. The third kappa shape index (κ3) is 3.32. The molecule has 0 aliphatic heterocycles. The number of hydrogen-bond donors (Lipinski definition) is 2. The van der Waals surface area contributed by atoms with Crippen LogP contribution in [0.5, 0.6) is 5.75 Å². The Morgan fingerprint density at radius 2 is 2.11 bits per heavy atom. The topological polar surface area (TPSA) is 96.4 Å². The van der Waals surface area contributed by atoms with E-state index in [9.17, 15) is 8.42 Å². The van der Waals surface area contributed by atoms with Crippen molar-refractivity contribution in [3.8, 4) is 5.75 Å². The molecule has 0 unspecified atom stereocenters. The number of nitrogens with zero attached hydrogens (tertiary/aromatic N) is 2. The number of nitrogens with one attached hydrogen (secondary N) is 2. The van der Waals surface area contributed by atoms with Gasteiger partial charge in [-0.2, -0.15) is 18.4 Å². The number of aromatic amines is 1. The van der Waals surface area contributed by atoms with E-state index in [1.165, 1.54) is 25.5 Å². The van der Waals surface area contributed by atoms with Gasteiger partial charge >= 0.3 is 0 Å². The van der Waals surface area contributed by atoms with Crippen molar-refractivity contribution in [3.05, 3.63) is 42.5 Å². The van der Waals surface area contributed by atoms with Crippen molar-refractivity contribution in [1.29, 1.82) is 0 Å². The molecule has 7 nitrogen and oxygen atoms in total. The molecule has 0 atom stereocenters. The summed E-state index contributed by atoms with van der Waals surface area (Å²) in [5.74, 6) is 1.04. The Bertz CT molecular complexity index is 648. The quantitative estimate of drug-likeness (QED) is 0.623. The van der Waals surface area contributed by atoms with Crippen molar-refractivity contribution in [2.24, 2.45) is 5.10 Å². The lowest BCUT2D eigenvalue weighted by Gasteiger charge is -2.04. The maximum absolute atomic E-state index is 11.9. The second-order valence-electron chi connectivity index (χ2n) is 3.50. The molecule has 1 aromatic heterocycles. The van der Waals surface area contributed by atoms with Crippen LogP contribution >= 0.6 is 0 Å². The summed E-state index contributed by atoms with van der Waals surface area (Å²) in [6.07, 6.45) is 4.43. The van der Waals surface area contributed by atoms with Gasteiger partial charge in [0, 0.05) is 12.4 Å². The van der Waals surface area contributed by atoms with Gasteiger partial charge in [0.05, 0.1) is 18.2 Å². The predicted molar refractivity (Wildman–Crippen MR) is 69.5 cm³/mol. The number of methoxy groups -OCH3 is 1. The highest BCUT2D eigenvalue weighted by Gasteiger charge is 2.12. The fourth-order valence-electron chi connectivity index (χ4n) is 1.31. The molecule has 0 radical (unpaired) electrons. The third-order valence-electron chi connectivity index (χ3n) is 2.25. The van der Waals surface area contributed by atoms with Crippen LogP contribution in [0.1, 0.15) is 5.82 Å². The molecule has 0 saturated heterocycles. The molecular formula is C11H12N4O3S. The van der Waals surface area contributed by atoms with Gasteiger partial charge in [-0.25, -0.2) is 4.98 Å². The molecule has 19 heavy (non-hydrogen) atoms. The highest BCUT2D eigenvalue weighted by Crippen LogP contribution is 2.15. The Morgan fingerprint density at radius 1 is 1.37 bits per heavy atom. The molecule has 8 heteroatoms. The van der Waals surface area contributed by atoms with Gasteiger partial charge < -0.3 is 9.72 Å². The summed E-state index contributed by atoms with van der Waals surface area (Å²) in [6.45, 7) is 0. The number of hydrogen-bond acceptors (Lipinski definition) is 5. The summed E-state index contributed by atoms with van der Waals surface area (Å²) in [7, 11) is -2.17. The maximum Gasteiger partial charge on any atom is 0.276 e. The number of imidazole rings is 1. The van der Waals surface area contributed by atoms with E-state index < -0.39 is 10.0 Å². The summed E-state index contributed by atoms with van der Waals surface area (Å²) in [6, 6.07) is 5.99. The van der Waals surface area contributed by atoms with Gasteiger partial charge in [-0.15, -0.1) is 0 Å². The number of rotatable bonds is 5. The molecule has 100 valence electrons. The SMILES string of the molecule is COc1ccc(S(=O)(=O)NN=Cc2ncc[nH]2)cc1. The average molecular weight is 280 g/mol. The van der Waals surface area contributed by atoms with E-state index >= 15 is 0 Å². The lowest BCUT2D eigenvalue weighted by atomic mass is 10.3. The van der Waals surface area contributed by atoms with E-state index in [0.29, 0.717) is 11.6 Å². The molecule has 0 aliphatic carbocycles. The molecule has 1 aromatic carbocycles. The Kier molecular flexibility index (Phi) is 3.81. The Morgan fingerprint density at radius 3 is 2.68 bits per heavy atom. The fraction of sp³-hybridized carbons (Fsp3) is 0.0909. The third-order valence-corrected chi connectivity index (χ3v) is 3.49. The largest absolute Gasteiger partial charge is 0.497 e. The molecule has 0 spiro atoms. The minimum atomic E-state index is -3.68. The standard InChI is InChI=1S/C11H12N4O3S/c1-18-9-2-4-10(5-3-9)19(16,17)15-14-8-11-12-6-7-13-11/h2-8,15H,1H3,(H,12,13). The molecule has 1 heterocycles. The van der Waals surface area contributed by atoms with E-state index in [2.05, 4.69) is 19.9 Å². The van der Waals surface area contributed by atoms with Crippen LogP contribution in [0.3, 0.4) is 0 Å². The van der Waals surface area contributed by atoms with Crippen LogP contribution in [0, 0.1) is 0 Å². The molecule has 0 bridgehead atoms. The van der Waals surface area contributed by atoms with E-state index in [-0.39, 0.29) is 4.90 Å². The summed E-state index contributed by atoms with van der Waals surface area (Å²) >= 11 is 0. The van der Waals surface area contributed by atoms with Crippen molar-refractivity contribution >= 4 is 16.2 Å². The van der Waals surface area contributed by atoms with Gasteiger partial charge in [0.1, 0.15) is 11.6 Å². The van der Waals surface area contributed by atoms with E-state index in [4.69, 9.17) is 4.74 Å². The molecule has 0 amide bonds. The van der Waals surface area contributed by atoms with Crippen LogP contribution in [0.15, 0.2) is 46.7 Å². The van der Waals surface area contributed by atoms with Crippen LogP contribution in [-0.2, 0) is 10.0 Å². The first kappa shape index (κ1) is 13.1. The molecular weight excluding hydrogens is 268 g/mol. The first-order valence-corrected chi connectivity index (χ1v) is 6.78. The minimum absolute atomic E-state index is 0.102. The first-order chi connectivity index (χ1) is 9.12. The highest BCUT2D eigenvalue weighted by atomic mass is 32.2. The number of aromatic nitrogens is 2. The fourth-order valence-corrected chi connectivity index (χ4v) is 2.10.